The highest BCUT2D eigenvalue weighted by Gasteiger charge is 2.29. The maximum Gasteiger partial charge on any atom is 0.254 e. The van der Waals surface area contributed by atoms with Gasteiger partial charge in [-0.3, -0.25) is 9.59 Å². The van der Waals surface area contributed by atoms with Crippen LogP contribution in [0.1, 0.15) is 17.3 Å². The van der Waals surface area contributed by atoms with E-state index < -0.39 is 6.04 Å². The lowest BCUT2D eigenvalue weighted by Crippen LogP contribution is -2.55. The molecular formula is C11H14N4O2. The Bertz CT molecular complexity index is 461. The van der Waals surface area contributed by atoms with E-state index in [0.717, 1.165) is 0 Å². The first-order valence-electron chi connectivity index (χ1n) is 5.40. The van der Waals surface area contributed by atoms with E-state index in [9.17, 15) is 9.59 Å². The number of nitrogens with zero attached hydrogens (tertiary/aromatic N) is 2. The Balaban J connectivity index is 2.22. The van der Waals surface area contributed by atoms with E-state index in [0.29, 0.717) is 24.5 Å². The molecule has 0 saturated carbocycles. The molecule has 1 fully saturated rings. The summed E-state index contributed by atoms with van der Waals surface area (Å²) in [7, 11) is 0. The van der Waals surface area contributed by atoms with Gasteiger partial charge in [-0.2, -0.15) is 0 Å². The minimum absolute atomic E-state index is 0.133. The number of nitrogens with one attached hydrogen (secondary N) is 1. The van der Waals surface area contributed by atoms with E-state index in [1.807, 2.05) is 0 Å². The van der Waals surface area contributed by atoms with E-state index >= 15 is 0 Å². The number of nitrogen functional groups attached to an aromatic ring is 1. The van der Waals surface area contributed by atoms with E-state index in [2.05, 4.69) is 10.3 Å². The third-order valence-corrected chi connectivity index (χ3v) is 2.79. The van der Waals surface area contributed by atoms with Gasteiger partial charge in [0.2, 0.25) is 5.91 Å². The number of amides is 2. The molecule has 1 aromatic heterocycles. The molecule has 6 heteroatoms. The Morgan fingerprint density at radius 1 is 1.65 bits per heavy atom. The third kappa shape index (κ3) is 2.20. The molecule has 2 rings (SSSR count). The van der Waals surface area contributed by atoms with Crippen molar-refractivity contribution in [2.24, 2.45) is 0 Å². The van der Waals surface area contributed by atoms with E-state index in [4.69, 9.17) is 5.73 Å². The van der Waals surface area contributed by atoms with Gasteiger partial charge >= 0.3 is 0 Å². The lowest BCUT2D eigenvalue weighted by atomic mass is 10.1. The average molecular weight is 234 g/mol. The van der Waals surface area contributed by atoms with Crippen molar-refractivity contribution in [2.45, 2.75) is 13.0 Å². The lowest BCUT2D eigenvalue weighted by molar-refractivity contribution is -0.127. The van der Waals surface area contributed by atoms with Crippen molar-refractivity contribution in [3.8, 4) is 0 Å². The summed E-state index contributed by atoms with van der Waals surface area (Å²) in [6.45, 7) is 2.69. The predicted octanol–water partition coefficient (Wildman–Crippen LogP) is -0.376. The topological polar surface area (TPSA) is 88.3 Å². The van der Waals surface area contributed by atoms with Gasteiger partial charge in [0.1, 0.15) is 11.9 Å². The summed E-state index contributed by atoms with van der Waals surface area (Å²) in [4.78, 5) is 29.0. The number of anilines is 1. The Hall–Kier alpha value is -2.11. The maximum atomic E-state index is 12.2. The Kier molecular flexibility index (Phi) is 2.95. The second-order valence-electron chi connectivity index (χ2n) is 3.93. The molecule has 2 amide bonds. The summed E-state index contributed by atoms with van der Waals surface area (Å²) in [5.41, 5.74) is 5.98. The monoisotopic (exact) mass is 234 g/mol. The molecule has 1 saturated heterocycles. The summed E-state index contributed by atoms with van der Waals surface area (Å²) in [5, 5.41) is 2.71. The minimum atomic E-state index is -0.453. The van der Waals surface area contributed by atoms with E-state index in [1.165, 1.54) is 17.2 Å². The first kappa shape index (κ1) is 11.4. The quantitative estimate of drug-likeness (QED) is 0.693. The zero-order valence-corrected chi connectivity index (χ0v) is 9.51. The first-order chi connectivity index (χ1) is 8.09. The van der Waals surface area contributed by atoms with Crippen molar-refractivity contribution in [3.63, 3.8) is 0 Å². The van der Waals surface area contributed by atoms with Crippen LogP contribution in [0.3, 0.4) is 0 Å². The number of hydrogen-bond donors (Lipinski definition) is 2. The van der Waals surface area contributed by atoms with Gasteiger partial charge in [0, 0.05) is 24.8 Å². The number of carbonyl (C=O) groups excluding carboxylic acids is 2. The second kappa shape index (κ2) is 4.40. The van der Waals surface area contributed by atoms with Crippen molar-refractivity contribution < 1.29 is 9.59 Å². The Morgan fingerprint density at radius 2 is 2.41 bits per heavy atom. The molecule has 0 bridgehead atoms. The number of nitrogens with two attached hydrogens (primary N) is 1. The van der Waals surface area contributed by atoms with E-state index in [1.54, 1.807) is 13.0 Å². The standard InChI is InChI=1S/C11H14N4O2/c1-7-10(16)14-4-5-15(7)11(17)8-2-3-13-9(12)6-8/h2-3,6-7H,4-5H2,1H3,(H2,12,13)(H,14,16). The number of pyridine rings is 1. The summed E-state index contributed by atoms with van der Waals surface area (Å²) in [6.07, 6.45) is 1.48. The number of piperazine rings is 1. The highest BCUT2D eigenvalue weighted by atomic mass is 16.2. The van der Waals surface area contributed by atoms with Crippen LogP contribution in [0.2, 0.25) is 0 Å². The van der Waals surface area contributed by atoms with Crippen LogP contribution < -0.4 is 11.1 Å². The van der Waals surface area contributed by atoms with Gasteiger partial charge < -0.3 is 16.0 Å². The molecule has 0 spiro atoms. The SMILES string of the molecule is CC1C(=O)NCCN1C(=O)c1ccnc(N)c1. The van der Waals surface area contributed by atoms with Crippen molar-refractivity contribution in [3.05, 3.63) is 23.9 Å². The Morgan fingerprint density at radius 3 is 3.12 bits per heavy atom. The van der Waals surface area contributed by atoms with Crippen LogP contribution in [-0.4, -0.2) is 40.8 Å². The van der Waals surface area contributed by atoms with Gasteiger partial charge in [-0.1, -0.05) is 0 Å². The number of aromatic nitrogens is 1. The summed E-state index contributed by atoms with van der Waals surface area (Å²) < 4.78 is 0. The largest absolute Gasteiger partial charge is 0.384 e. The highest BCUT2D eigenvalue weighted by Crippen LogP contribution is 2.12. The minimum Gasteiger partial charge on any atom is -0.384 e. The van der Waals surface area contributed by atoms with Gasteiger partial charge in [0.05, 0.1) is 0 Å². The molecule has 0 radical (unpaired) electrons. The van der Waals surface area contributed by atoms with Crippen molar-refractivity contribution in [1.29, 1.82) is 0 Å². The zero-order chi connectivity index (χ0) is 12.4. The first-order valence-corrected chi connectivity index (χ1v) is 5.40. The molecule has 2 heterocycles. The van der Waals surface area contributed by atoms with Gasteiger partial charge in [-0.25, -0.2) is 4.98 Å². The van der Waals surface area contributed by atoms with Gasteiger partial charge in [0.15, 0.2) is 0 Å². The molecule has 0 aromatic carbocycles. The normalized spacial score (nSPS) is 19.9. The maximum absolute atomic E-state index is 12.2. The van der Waals surface area contributed by atoms with Crippen LogP contribution in [0, 0.1) is 0 Å². The second-order valence-corrected chi connectivity index (χ2v) is 3.93. The van der Waals surface area contributed by atoms with Crippen LogP contribution in [0.4, 0.5) is 5.82 Å². The fourth-order valence-corrected chi connectivity index (χ4v) is 1.81. The molecule has 3 N–H and O–H groups in total. The molecular weight excluding hydrogens is 220 g/mol. The smallest absolute Gasteiger partial charge is 0.254 e. The molecule has 1 atom stereocenters. The van der Waals surface area contributed by atoms with Crippen LogP contribution in [0.25, 0.3) is 0 Å². The van der Waals surface area contributed by atoms with E-state index in [-0.39, 0.29) is 11.8 Å². The van der Waals surface area contributed by atoms with Gasteiger partial charge in [-0.05, 0) is 19.1 Å². The van der Waals surface area contributed by atoms with Gasteiger partial charge in [-0.15, -0.1) is 0 Å². The van der Waals surface area contributed by atoms with Crippen LogP contribution >= 0.6 is 0 Å². The fourth-order valence-electron chi connectivity index (χ4n) is 1.81. The van der Waals surface area contributed by atoms with Crippen molar-refractivity contribution in [2.75, 3.05) is 18.8 Å². The van der Waals surface area contributed by atoms with Gasteiger partial charge in [0.25, 0.3) is 5.91 Å². The van der Waals surface area contributed by atoms with Crippen LogP contribution in [-0.2, 0) is 4.79 Å². The fraction of sp³-hybridized carbons (Fsp3) is 0.364. The molecule has 6 nitrogen and oxygen atoms in total. The van der Waals surface area contributed by atoms with Crippen molar-refractivity contribution in [1.82, 2.24) is 15.2 Å². The highest BCUT2D eigenvalue weighted by molar-refractivity contribution is 5.98. The zero-order valence-electron chi connectivity index (χ0n) is 9.51. The average Bonchev–Trinajstić information content (AvgIpc) is 2.32. The summed E-state index contributed by atoms with van der Waals surface area (Å²) in [5.74, 6) is -0.0296. The summed E-state index contributed by atoms with van der Waals surface area (Å²) in [6, 6.07) is 2.66. The van der Waals surface area contributed by atoms with Crippen LogP contribution in [0.15, 0.2) is 18.3 Å². The molecule has 1 aromatic rings. The predicted molar refractivity (Wildman–Crippen MR) is 62.2 cm³/mol. The number of hydrogen-bond acceptors (Lipinski definition) is 4. The number of carbonyl (C=O) groups is 2. The molecule has 1 aliphatic heterocycles. The lowest BCUT2D eigenvalue weighted by Gasteiger charge is -2.32. The third-order valence-electron chi connectivity index (χ3n) is 2.79. The number of rotatable bonds is 1. The molecule has 1 aliphatic rings. The summed E-state index contributed by atoms with van der Waals surface area (Å²) >= 11 is 0. The molecule has 0 aliphatic carbocycles. The molecule has 17 heavy (non-hydrogen) atoms. The van der Waals surface area contributed by atoms with Crippen LogP contribution in [0.5, 0.6) is 0 Å². The Labute approximate surface area is 98.8 Å². The molecule has 1 unspecified atom stereocenters. The van der Waals surface area contributed by atoms with Crippen molar-refractivity contribution >= 4 is 17.6 Å². The molecule has 90 valence electrons.